The molecule has 0 aromatic heterocycles. The third-order valence-corrected chi connectivity index (χ3v) is 4.31. The molecule has 0 spiro atoms. The van der Waals surface area contributed by atoms with Crippen LogP contribution in [0.4, 0.5) is 5.69 Å². The van der Waals surface area contributed by atoms with Crippen LogP contribution in [0.5, 0.6) is 0 Å². The van der Waals surface area contributed by atoms with Gasteiger partial charge in [0.05, 0.1) is 5.69 Å². The Labute approximate surface area is 148 Å². The SMILES string of the molecule is Brc1ccc2c(c1)C(c1ccccc1)=NNC(c1ccccc1)=N2. The first-order valence-corrected chi connectivity index (χ1v) is 8.44. The number of benzene rings is 3. The lowest BCUT2D eigenvalue weighted by atomic mass is 10.0. The molecule has 1 N–H and O–H groups in total. The molecule has 3 aromatic carbocycles. The Bertz CT molecular complexity index is 932. The van der Waals surface area contributed by atoms with Crippen LogP contribution in [0.15, 0.2) is 93.4 Å². The number of amidine groups is 1. The average molecular weight is 376 g/mol. The molecule has 0 fully saturated rings. The fraction of sp³-hybridized carbons (Fsp3) is 0. The van der Waals surface area contributed by atoms with Gasteiger partial charge in [-0.25, -0.2) is 4.99 Å². The summed E-state index contributed by atoms with van der Waals surface area (Å²) in [4.78, 5) is 4.80. The number of hydrogen-bond acceptors (Lipinski definition) is 3. The zero-order valence-electron chi connectivity index (χ0n) is 12.8. The first-order chi connectivity index (χ1) is 11.8. The number of fused-ring (bicyclic) bond motifs is 1. The highest BCUT2D eigenvalue weighted by Crippen LogP contribution is 2.28. The number of rotatable bonds is 2. The predicted octanol–water partition coefficient (Wildman–Crippen LogP) is 4.88. The largest absolute Gasteiger partial charge is 0.260 e. The average Bonchev–Trinajstić information content (AvgIpc) is 2.82. The smallest absolute Gasteiger partial charge is 0.154 e. The van der Waals surface area contributed by atoms with E-state index >= 15 is 0 Å². The zero-order valence-corrected chi connectivity index (χ0v) is 14.4. The third-order valence-electron chi connectivity index (χ3n) is 3.81. The van der Waals surface area contributed by atoms with Crippen LogP contribution in [0.3, 0.4) is 0 Å². The van der Waals surface area contributed by atoms with Gasteiger partial charge in [0, 0.05) is 21.2 Å². The number of nitrogens with zero attached hydrogens (tertiary/aromatic N) is 2. The van der Waals surface area contributed by atoms with Crippen molar-refractivity contribution in [3.8, 4) is 0 Å². The van der Waals surface area contributed by atoms with Crippen molar-refractivity contribution < 1.29 is 0 Å². The third kappa shape index (κ3) is 2.88. The molecule has 116 valence electrons. The molecule has 0 atom stereocenters. The molecule has 1 aliphatic rings. The lowest BCUT2D eigenvalue weighted by Crippen LogP contribution is -2.19. The standard InChI is InChI=1S/C20H14BrN3/c21-16-11-12-18-17(13-16)19(14-7-3-1-4-8-14)23-24-20(22-18)15-9-5-2-6-10-15/h1-13H,(H,22,24). The molecule has 0 unspecified atom stereocenters. The van der Waals surface area contributed by atoms with Gasteiger partial charge in [0.2, 0.25) is 0 Å². The van der Waals surface area contributed by atoms with Crippen LogP contribution in [0.2, 0.25) is 0 Å². The topological polar surface area (TPSA) is 36.8 Å². The molecule has 4 rings (SSSR count). The van der Waals surface area contributed by atoms with Gasteiger partial charge in [0.15, 0.2) is 5.84 Å². The second-order valence-electron chi connectivity index (χ2n) is 5.43. The van der Waals surface area contributed by atoms with E-state index in [9.17, 15) is 0 Å². The molecule has 0 bridgehead atoms. The van der Waals surface area contributed by atoms with Gasteiger partial charge in [0.25, 0.3) is 0 Å². The lowest BCUT2D eigenvalue weighted by Gasteiger charge is -2.08. The maximum absolute atomic E-state index is 4.80. The van der Waals surface area contributed by atoms with Crippen LogP contribution in [0.1, 0.15) is 16.7 Å². The van der Waals surface area contributed by atoms with Crippen molar-refractivity contribution in [3.05, 3.63) is 100 Å². The number of halogens is 1. The van der Waals surface area contributed by atoms with Crippen LogP contribution in [0, 0.1) is 0 Å². The van der Waals surface area contributed by atoms with E-state index in [2.05, 4.69) is 44.7 Å². The summed E-state index contributed by atoms with van der Waals surface area (Å²) in [5, 5.41) is 4.65. The number of aliphatic imine (C=N–C) groups is 1. The summed E-state index contributed by atoms with van der Waals surface area (Å²) in [6.07, 6.45) is 0. The van der Waals surface area contributed by atoms with Crippen molar-refractivity contribution in [2.75, 3.05) is 0 Å². The Morgan fingerprint density at radius 1 is 0.750 bits per heavy atom. The first-order valence-electron chi connectivity index (χ1n) is 7.64. The van der Waals surface area contributed by atoms with Crippen LogP contribution < -0.4 is 5.43 Å². The van der Waals surface area contributed by atoms with E-state index in [1.165, 1.54) is 0 Å². The Morgan fingerprint density at radius 3 is 2.12 bits per heavy atom. The molecular formula is C20H14BrN3. The summed E-state index contributed by atoms with van der Waals surface area (Å²) in [6.45, 7) is 0. The van der Waals surface area contributed by atoms with Gasteiger partial charge in [0.1, 0.15) is 5.71 Å². The van der Waals surface area contributed by atoms with E-state index in [0.717, 1.165) is 38.4 Å². The fourth-order valence-corrected chi connectivity index (χ4v) is 3.01. The van der Waals surface area contributed by atoms with Crippen molar-refractivity contribution >= 4 is 33.2 Å². The van der Waals surface area contributed by atoms with Crippen molar-refractivity contribution in [1.29, 1.82) is 0 Å². The van der Waals surface area contributed by atoms with Gasteiger partial charge >= 0.3 is 0 Å². The molecule has 3 nitrogen and oxygen atoms in total. The molecule has 0 saturated carbocycles. The molecule has 1 aliphatic heterocycles. The van der Waals surface area contributed by atoms with E-state index in [1.807, 2.05) is 60.7 Å². The number of hydrazone groups is 1. The molecule has 1 heterocycles. The summed E-state index contributed by atoms with van der Waals surface area (Å²) in [5.41, 5.74) is 7.95. The molecule has 0 amide bonds. The fourth-order valence-electron chi connectivity index (χ4n) is 2.65. The number of hydrogen-bond donors (Lipinski definition) is 1. The van der Waals surface area contributed by atoms with Gasteiger partial charge in [-0.2, -0.15) is 5.10 Å². The van der Waals surface area contributed by atoms with E-state index in [-0.39, 0.29) is 0 Å². The van der Waals surface area contributed by atoms with Crippen molar-refractivity contribution in [3.63, 3.8) is 0 Å². The monoisotopic (exact) mass is 375 g/mol. The van der Waals surface area contributed by atoms with E-state index in [4.69, 9.17) is 4.99 Å². The minimum Gasteiger partial charge on any atom is -0.260 e. The molecule has 24 heavy (non-hydrogen) atoms. The summed E-state index contributed by atoms with van der Waals surface area (Å²) in [7, 11) is 0. The van der Waals surface area contributed by atoms with Gasteiger partial charge in [-0.15, -0.1) is 0 Å². The van der Waals surface area contributed by atoms with Gasteiger partial charge in [-0.05, 0) is 18.2 Å². The minimum absolute atomic E-state index is 0.741. The quantitative estimate of drug-likeness (QED) is 0.680. The molecule has 0 saturated heterocycles. The molecule has 0 radical (unpaired) electrons. The van der Waals surface area contributed by atoms with Crippen LogP contribution in [-0.4, -0.2) is 11.5 Å². The second-order valence-corrected chi connectivity index (χ2v) is 6.34. The normalized spacial score (nSPS) is 13.2. The van der Waals surface area contributed by atoms with Gasteiger partial charge in [-0.1, -0.05) is 76.6 Å². The summed E-state index contributed by atoms with van der Waals surface area (Å²) >= 11 is 3.55. The summed E-state index contributed by atoms with van der Waals surface area (Å²) in [6, 6.07) is 26.2. The van der Waals surface area contributed by atoms with Gasteiger partial charge < -0.3 is 0 Å². The molecule has 4 heteroatoms. The van der Waals surface area contributed by atoms with Gasteiger partial charge in [-0.3, -0.25) is 5.43 Å². The van der Waals surface area contributed by atoms with E-state index < -0.39 is 0 Å². The number of nitrogens with one attached hydrogen (secondary N) is 1. The Balaban J connectivity index is 1.89. The highest BCUT2D eigenvalue weighted by molar-refractivity contribution is 9.10. The highest BCUT2D eigenvalue weighted by atomic mass is 79.9. The molecule has 0 aliphatic carbocycles. The second kappa shape index (κ2) is 6.42. The van der Waals surface area contributed by atoms with Crippen LogP contribution in [-0.2, 0) is 0 Å². The summed E-state index contributed by atoms with van der Waals surface area (Å²) < 4.78 is 1.00. The van der Waals surface area contributed by atoms with Crippen molar-refractivity contribution in [2.24, 2.45) is 10.1 Å². The van der Waals surface area contributed by atoms with Crippen molar-refractivity contribution in [1.82, 2.24) is 5.43 Å². The highest BCUT2D eigenvalue weighted by Gasteiger charge is 2.17. The molecular weight excluding hydrogens is 362 g/mol. The Kier molecular flexibility index (Phi) is 3.97. The van der Waals surface area contributed by atoms with Crippen LogP contribution in [0.25, 0.3) is 0 Å². The Hall–Kier alpha value is -2.72. The van der Waals surface area contributed by atoms with Crippen LogP contribution >= 0.6 is 15.9 Å². The predicted molar refractivity (Wildman–Crippen MR) is 102 cm³/mol. The lowest BCUT2D eigenvalue weighted by molar-refractivity contribution is 1.03. The first kappa shape index (κ1) is 14.8. The zero-order chi connectivity index (χ0) is 16.4. The maximum Gasteiger partial charge on any atom is 0.154 e. The van der Waals surface area contributed by atoms with E-state index in [1.54, 1.807) is 0 Å². The van der Waals surface area contributed by atoms with E-state index in [0.29, 0.717) is 0 Å². The minimum atomic E-state index is 0.741. The summed E-state index contributed by atoms with van der Waals surface area (Å²) in [5.74, 6) is 0.741. The Morgan fingerprint density at radius 2 is 1.42 bits per heavy atom. The van der Waals surface area contributed by atoms with Crippen molar-refractivity contribution in [2.45, 2.75) is 0 Å². The maximum atomic E-state index is 4.80. The molecule has 3 aromatic rings.